The van der Waals surface area contributed by atoms with Crippen molar-refractivity contribution in [1.29, 1.82) is 0 Å². The maximum absolute atomic E-state index is 4.79. The summed E-state index contributed by atoms with van der Waals surface area (Å²) in [5.41, 5.74) is 3.34. The highest BCUT2D eigenvalue weighted by Gasteiger charge is 2.00. The smallest absolute Gasteiger partial charge is 0.124 e. The van der Waals surface area contributed by atoms with E-state index in [4.69, 9.17) is 4.52 Å². The molecule has 0 N–H and O–H groups in total. The fraction of sp³-hybridized carbons (Fsp3) is 0.308. The van der Waals surface area contributed by atoms with Gasteiger partial charge in [-0.1, -0.05) is 44.1 Å². The number of aryl methyl sites for hydroxylation is 1. The number of hydrogen-bond acceptors (Lipinski definition) is 2. The predicted molar refractivity (Wildman–Crippen MR) is 62.7 cm³/mol. The molecular weight excluding hydrogens is 186 g/mol. The van der Waals surface area contributed by atoms with Gasteiger partial charge in [0.05, 0.1) is 0 Å². The van der Waals surface area contributed by atoms with Gasteiger partial charge in [-0.15, -0.1) is 0 Å². The van der Waals surface area contributed by atoms with Gasteiger partial charge in [0.2, 0.25) is 0 Å². The SMILES string of the molecule is CC.CCc1cccc(-c2ccon2)c1. The van der Waals surface area contributed by atoms with Crippen LogP contribution in [0.3, 0.4) is 0 Å². The minimum absolute atomic E-state index is 0.898. The molecule has 0 spiro atoms. The molecule has 80 valence electrons. The molecule has 2 heteroatoms. The van der Waals surface area contributed by atoms with E-state index in [2.05, 4.69) is 24.2 Å². The molecule has 1 heterocycles. The summed E-state index contributed by atoms with van der Waals surface area (Å²) < 4.78 is 4.79. The molecule has 0 atom stereocenters. The van der Waals surface area contributed by atoms with Crippen LogP contribution in [0.2, 0.25) is 0 Å². The third-order valence-electron chi connectivity index (χ3n) is 2.07. The molecule has 0 aliphatic rings. The van der Waals surface area contributed by atoms with E-state index in [0.717, 1.165) is 17.7 Å². The highest BCUT2D eigenvalue weighted by Crippen LogP contribution is 2.18. The van der Waals surface area contributed by atoms with E-state index in [1.54, 1.807) is 6.26 Å². The van der Waals surface area contributed by atoms with Gasteiger partial charge >= 0.3 is 0 Å². The second kappa shape index (κ2) is 6.02. The van der Waals surface area contributed by atoms with Crippen LogP contribution in [-0.4, -0.2) is 5.16 Å². The quantitative estimate of drug-likeness (QED) is 0.739. The van der Waals surface area contributed by atoms with Crippen molar-refractivity contribution in [3.05, 3.63) is 42.2 Å². The number of nitrogens with zero attached hydrogens (tertiary/aromatic N) is 1. The van der Waals surface area contributed by atoms with Gasteiger partial charge in [-0.2, -0.15) is 0 Å². The van der Waals surface area contributed by atoms with Crippen molar-refractivity contribution in [1.82, 2.24) is 5.16 Å². The van der Waals surface area contributed by atoms with E-state index >= 15 is 0 Å². The summed E-state index contributed by atoms with van der Waals surface area (Å²) in [6.45, 7) is 6.14. The van der Waals surface area contributed by atoms with Crippen LogP contribution in [0, 0.1) is 0 Å². The summed E-state index contributed by atoms with van der Waals surface area (Å²) in [4.78, 5) is 0. The minimum Gasteiger partial charge on any atom is -0.364 e. The lowest BCUT2D eigenvalue weighted by molar-refractivity contribution is 0.422. The first kappa shape index (κ1) is 11.5. The van der Waals surface area contributed by atoms with Crippen molar-refractivity contribution < 1.29 is 4.52 Å². The third kappa shape index (κ3) is 2.94. The second-order valence-corrected chi connectivity index (χ2v) is 2.94. The molecule has 0 radical (unpaired) electrons. The summed E-state index contributed by atoms with van der Waals surface area (Å²) in [6.07, 6.45) is 2.64. The molecule has 2 aromatic rings. The van der Waals surface area contributed by atoms with E-state index in [1.807, 2.05) is 32.0 Å². The molecule has 0 aliphatic heterocycles. The molecule has 15 heavy (non-hydrogen) atoms. The van der Waals surface area contributed by atoms with Crippen LogP contribution < -0.4 is 0 Å². The van der Waals surface area contributed by atoms with Crippen molar-refractivity contribution in [2.24, 2.45) is 0 Å². The molecule has 0 saturated heterocycles. The van der Waals surface area contributed by atoms with Crippen LogP contribution in [-0.2, 0) is 6.42 Å². The zero-order chi connectivity index (χ0) is 11.1. The Labute approximate surface area is 90.9 Å². The Morgan fingerprint density at radius 2 is 2.00 bits per heavy atom. The van der Waals surface area contributed by atoms with Crippen LogP contribution in [0.25, 0.3) is 11.3 Å². The highest BCUT2D eigenvalue weighted by atomic mass is 16.5. The van der Waals surface area contributed by atoms with Crippen molar-refractivity contribution in [3.8, 4) is 11.3 Å². The Hall–Kier alpha value is -1.57. The van der Waals surface area contributed by atoms with Gasteiger partial charge in [0.15, 0.2) is 0 Å². The van der Waals surface area contributed by atoms with Gasteiger partial charge in [0.1, 0.15) is 12.0 Å². The number of benzene rings is 1. The number of hydrogen-bond donors (Lipinski definition) is 0. The molecule has 1 aromatic carbocycles. The van der Waals surface area contributed by atoms with Crippen molar-refractivity contribution in [2.75, 3.05) is 0 Å². The monoisotopic (exact) mass is 203 g/mol. The molecular formula is C13H17NO. The highest BCUT2D eigenvalue weighted by molar-refractivity contribution is 5.58. The summed E-state index contributed by atoms with van der Waals surface area (Å²) >= 11 is 0. The molecule has 0 aliphatic carbocycles. The van der Waals surface area contributed by atoms with E-state index < -0.39 is 0 Å². The fourth-order valence-electron chi connectivity index (χ4n) is 1.31. The maximum Gasteiger partial charge on any atom is 0.124 e. The predicted octanol–water partition coefficient (Wildman–Crippen LogP) is 3.93. The Balaban J connectivity index is 0.000000531. The largest absolute Gasteiger partial charge is 0.364 e. The Morgan fingerprint density at radius 3 is 2.60 bits per heavy atom. The lowest BCUT2D eigenvalue weighted by Gasteiger charge is -1.98. The first-order chi connectivity index (χ1) is 7.40. The first-order valence-electron chi connectivity index (χ1n) is 5.40. The lowest BCUT2D eigenvalue weighted by atomic mass is 10.1. The van der Waals surface area contributed by atoms with Crippen LogP contribution in [0.15, 0.2) is 41.1 Å². The molecule has 2 rings (SSSR count). The Morgan fingerprint density at radius 1 is 1.20 bits per heavy atom. The van der Waals surface area contributed by atoms with E-state index in [9.17, 15) is 0 Å². The van der Waals surface area contributed by atoms with Gasteiger partial charge in [-0.25, -0.2) is 0 Å². The molecule has 2 nitrogen and oxygen atoms in total. The fourth-order valence-corrected chi connectivity index (χ4v) is 1.31. The van der Waals surface area contributed by atoms with Gasteiger partial charge in [-0.3, -0.25) is 0 Å². The summed E-state index contributed by atoms with van der Waals surface area (Å²) in [6, 6.07) is 10.2. The van der Waals surface area contributed by atoms with Gasteiger partial charge in [-0.05, 0) is 18.1 Å². The second-order valence-electron chi connectivity index (χ2n) is 2.94. The molecule has 0 amide bonds. The van der Waals surface area contributed by atoms with Crippen molar-refractivity contribution >= 4 is 0 Å². The average Bonchev–Trinajstić information content (AvgIpc) is 2.85. The number of aromatic nitrogens is 1. The Bertz CT molecular complexity index is 379. The standard InChI is InChI=1S/C11H11NO.C2H6/c1-2-9-4-3-5-10(8-9)11-6-7-13-12-11;1-2/h3-8H,2H2,1H3;1-2H3. The van der Waals surface area contributed by atoms with Crippen LogP contribution in [0.5, 0.6) is 0 Å². The summed E-state index contributed by atoms with van der Waals surface area (Å²) in [5.74, 6) is 0. The first-order valence-corrected chi connectivity index (χ1v) is 5.40. The normalized spacial score (nSPS) is 9.27. The van der Waals surface area contributed by atoms with Gasteiger partial charge < -0.3 is 4.52 Å². The number of rotatable bonds is 2. The maximum atomic E-state index is 4.79. The third-order valence-corrected chi connectivity index (χ3v) is 2.07. The van der Waals surface area contributed by atoms with E-state index in [1.165, 1.54) is 5.56 Å². The van der Waals surface area contributed by atoms with Crippen molar-refractivity contribution in [3.63, 3.8) is 0 Å². The van der Waals surface area contributed by atoms with Gasteiger partial charge in [0.25, 0.3) is 0 Å². The minimum atomic E-state index is 0.898. The average molecular weight is 203 g/mol. The van der Waals surface area contributed by atoms with Crippen LogP contribution >= 0.6 is 0 Å². The zero-order valence-corrected chi connectivity index (χ0v) is 9.53. The van der Waals surface area contributed by atoms with Gasteiger partial charge in [0, 0.05) is 11.6 Å². The van der Waals surface area contributed by atoms with Crippen LogP contribution in [0.4, 0.5) is 0 Å². The topological polar surface area (TPSA) is 26.0 Å². The summed E-state index contributed by atoms with van der Waals surface area (Å²) in [5, 5.41) is 3.89. The molecule has 0 unspecified atom stereocenters. The molecule has 0 bridgehead atoms. The molecule has 1 aromatic heterocycles. The van der Waals surface area contributed by atoms with Crippen molar-refractivity contribution in [2.45, 2.75) is 27.2 Å². The molecule has 0 saturated carbocycles. The van der Waals surface area contributed by atoms with Crippen LogP contribution in [0.1, 0.15) is 26.3 Å². The van der Waals surface area contributed by atoms with E-state index in [0.29, 0.717) is 0 Å². The zero-order valence-electron chi connectivity index (χ0n) is 9.53. The lowest BCUT2D eigenvalue weighted by Crippen LogP contribution is -1.81. The Kier molecular flexibility index (Phi) is 4.61. The summed E-state index contributed by atoms with van der Waals surface area (Å²) in [7, 11) is 0. The van der Waals surface area contributed by atoms with E-state index in [-0.39, 0.29) is 0 Å². The molecule has 0 fully saturated rings.